The zero-order valence-electron chi connectivity index (χ0n) is 25.0. The molecule has 1 rings (SSSR count). The largest absolute Gasteiger partial charge is 0.462 e. The molecular weight excluding hydrogens is 476 g/mol. The first-order valence-electron chi connectivity index (χ1n) is 15.4. The lowest BCUT2D eigenvalue weighted by molar-refractivity contribution is 0.0441. The Morgan fingerprint density at radius 3 is 1.29 bits per heavy atom. The van der Waals surface area contributed by atoms with E-state index in [4.69, 9.17) is 9.47 Å². The molecule has 1 aromatic rings. The molecular formula is C32H56N2O4. The molecule has 0 saturated carbocycles. The monoisotopic (exact) mass is 532 g/mol. The third kappa shape index (κ3) is 15.5. The van der Waals surface area contributed by atoms with Crippen LogP contribution in [0.3, 0.4) is 0 Å². The lowest BCUT2D eigenvalue weighted by Crippen LogP contribution is -2.27. The van der Waals surface area contributed by atoms with Crippen molar-refractivity contribution < 1.29 is 19.1 Å². The van der Waals surface area contributed by atoms with Gasteiger partial charge < -0.3 is 19.3 Å². The lowest BCUT2D eigenvalue weighted by Gasteiger charge is -2.20. The minimum absolute atomic E-state index is 0.281. The summed E-state index contributed by atoms with van der Waals surface area (Å²) in [5, 5.41) is 0. The summed E-state index contributed by atoms with van der Waals surface area (Å²) in [5.74, 6) is -0.916. The van der Waals surface area contributed by atoms with Gasteiger partial charge in [0, 0.05) is 13.1 Å². The number of carbonyl (C=O) groups is 2. The van der Waals surface area contributed by atoms with Gasteiger partial charge >= 0.3 is 11.9 Å². The Bertz CT molecular complexity index is 679. The maximum atomic E-state index is 12.7. The maximum absolute atomic E-state index is 12.7. The van der Waals surface area contributed by atoms with Crippen molar-refractivity contribution >= 4 is 11.9 Å². The number of rotatable bonds is 24. The smallest absolute Gasteiger partial charge is 0.339 e. The third-order valence-electron chi connectivity index (χ3n) is 7.12. The van der Waals surface area contributed by atoms with Gasteiger partial charge in [-0.3, -0.25) is 0 Å². The first kappa shape index (κ1) is 34.1. The molecule has 0 radical (unpaired) electrons. The van der Waals surface area contributed by atoms with Crippen LogP contribution in [0.1, 0.15) is 125 Å². The molecule has 0 fully saturated rings. The van der Waals surface area contributed by atoms with Gasteiger partial charge in [-0.15, -0.1) is 0 Å². The molecule has 1 aromatic carbocycles. The molecule has 0 aliphatic carbocycles. The highest BCUT2D eigenvalue weighted by Gasteiger charge is 2.19. The maximum Gasteiger partial charge on any atom is 0.339 e. The predicted molar refractivity (Wildman–Crippen MR) is 158 cm³/mol. The van der Waals surface area contributed by atoms with Gasteiger partial charge in [0.15, 0.2) is 0 Å². The molecule has 0 amide bonds. The van der Waals surface area contributed by atoms with Crippen molar-refractivity contribution in [1.29, 1.82) is 0 Å². The van der Waals surface area contributed by atoms with E-state index in [-0.39, 0.29) is 11.1 Å². The highest BCUT2D eigenvalue weighted by molar-refractivity contribution is 6.03. The molecule has 6 nitrogen and oxygen atoms in total. The topological polar surface area (TPSA) is 59.1 Å². The average molecular weight is 533 g/mol. The van der Waals surface area contributed by atoms with Crippen LogP contribution in [-0.4, -0.2) is 74.2 Å². The zero-order valence-corrected chi connectivity index (χ0v) is 25.0. The number of hydrogen-bond donors (Lipinski definition) is 0. The number of unbranched alkanes of at least 4 members (excludes halogenated alkanes) is 8. The SMILES string of the molecule is CCCCCCCN(CC)CCCOC(=O)c1ccccc1C(=O)OCCCN(CC)CCCCCCC. The molecule has 0 unspecified atom stereocenters. The van der Waals surface area contributed by atoms with Gasteiger partial charge in [0.25, 0.3) is 0 Å². The molecule has 6 heteroatoms. The van der Waals surface area contributed by atoms with Crippen molar-refractivity contribution in [2.75, 3.05) is 52.5 Å². The van der Waals surface area contributed by atoms with Gasteiger partial charge in [-0.2, -0.15) is 0 Å². The second-order valence-corrected chi connectivity index (χ2v) is 10.2. The molecule has 0 atom stereocenters. The predicted octanol–water partition coefficient (Wildman–Crippen LogP) is 7.37. The Kier molecular flexibility index (Phi) is 20.7. The second-order valence-electron chi connectivity index (χ2n) is 10.2. The number of nitrogens with zero attached hydrogens (tertiary/aromatic N) is 2. The van der Waals surface area contributed by atoms with Crippen LogP contribution in [-0.2, 0) is 9.47 Å². The van der Waals surface area contributed by atoms with E-state index in [2.05, 4.69) is 37.5 Å². The summed E-state index contributed by atoms with van der Waals surface area (Å²) in [6.45, 7) is 15.5. The van der Waals surface area contributed by atoms with E-state index in [9.17, 15) is 9.59 Å². The van der Waals surface area contributed by atoms with Crippen LogP contribution in [0.4, 0.5) is 0 Å². The summed E-state index contributed by atoms with van der Waals surface area (Å²) in [4.78, 5) is 30.3. The molecule has 38 heavy (non-hydrogen) atoms. The number of ether oxygens (including phenoxy) is 2. The highest BCUT2D eigenvalue weighted by Crippen LogP contribution is 2.13. The normalized spacial score (nSPS) is 11.3. The fourth-order valence-electron chi connectivity index (χ4n) is 4.63. The van der Waals surface area contributed by atoms with E-state index in [1.807, 2.05) is 0 Å². The number of carbonyl (C=O) groups excluding carboxylic acids is 2. The molecule has 0 N–H and O–H groups in total. The summed E-state index contributed by atoms with van der Waals surface area (Å²) < 4.78 is 11.0. The van der Waals surface area contributed by atoms with Crippen LogP contribution in [0, 0.1) is 0 Å². The highest BCUT2D eigenvalue weighted by atomic mass is 16.5. The van der Waals surface area contributed by atoms with Crippen LogP contribution in [0.25, 0.3) is 0 Å². The summed E-state index contributed by atoms with van der Waals surface area (Å²) in [7, 11) is 0. The number of esters is 2. The zero-order chi connectivity index (χ0) is 27.8. The van der Waals surface area contributed by atoms with Crippen molar-refractivity contribution in [3.05, 3.63) is 35.4 Å². The van der Waals surface area contributed by atoms with Crippen LogP contribution in [0.2, 0.25) is 0 Å². The molecule has 0 aliphatic rings. The van der Waals surface area contributed by atoms with Crippen molar-refractivity contribution in [1.82, 2.24) is 9.80 Å². The summed E-state index contributed by atoms with van der Waals surface area (Å²) in [5.41, 5.74) is 0.561. The summed E-state index contributed by atoms with van der Waals surface area (Å²) in [6.07, 6.45) is 14.3. The average Bonchev–Trinajstić information content (AvgIpc) is 2.94. The third-order valence-corrected chi connectivity index (χ3v) is 7.12. The van der Waals surface area contributed by atoms with Crippen molar-refractivity contribution in [3.8, 4) is 0 Å². The molecule has 0 saturated heterocycles. The van der Waals surface area contributed by atoms with Crippen LogP contribution < -0.4 is 0 Å². The van der Waals surface area contributed by atoms with E-state index in [1.165, 1.54) is 64.2 Å². The minimum Gasteiger partial charge on any atom is -0.462 e. The summed E-state index contributed by atoms with van der Waals surface area (Å²) >= 11 is 0. The molecule has 0 heterocycles. The van der Waals surface area contributed by atoms with Gasteiger partial charge in [-0.1, -0.05) is 91.2 Å². The van der Waals surface area contributed by atoms with Crippen LogP contribution in [0.15, 0.2) is 24.3 Å². The van der Waals surface area contributed by atoms with Gasteiger partial charge in [0.1, 0.15) is 0 Å². The van der Waals surface area contributed by atoms with Crippen molar-refractivity contribution in [3.63, 3.8) is 0 Å². The Labute approximate surface area is 233 Å². The fraction of sp³-hybridized carbons (Fsp3) is 0.750. The van der Waals surface area contributed by atoms with Gasteiger partial charge in [0.2, 0.25) is 0 Å². The number of hydrogen-bond acceptors (Lipinski definition) is 6. The first-order valence-corrected chi connectivity index (χ1v) is 15.4. The van der Waals surface area contributed by atoms with E-state index in [0.717, 1.165) is 52.1 Å². The number of benzene rings is 1. The molecule has 0 spiro atoms. The van der Waals surface area contributed by atoms with Gasteiger partial charge in [-0.05, 0) is 64.0 Å². The standard InChI is InChI=1S/C32H56N2O4/c1-5-9-11-13-17-23-33(7-3)25-19-27-37-31(35)29-21-15-16-22-30(29)32(36)38-28-20-26-34(8-4)24-18-14-12-10-6-2/h15-16,21-22H,5-14,17-20,23-28H2,1-4H3. The molecule has 218 valence electrons. The van der Waals surface area contributed by atoms with E-state index in [1.54, 1.807) is 24.3 Å². The molecule has 0 aliphatic heterocycles. The van der Waals surface area contributed by atoms with Crippen LogP contribution in [0.5, 0.6) is 0 Å². The lowest BCUT2D eigenvalue weighted by atomic mass is 10.1. The second kappa shape index (κ2) is 23.0. The minimum atomic E-state index is -0.458. The van der Waals surface area contributed by atoms with E-state index >= 15 is 0 Å². The van der Waals surface area contributed by atoms with Gasteiger partial charge in [0.05, 0.1) is 24.3 Å². The molecule has 0 aromatic heterocycles. The quantitative estimate of drug-likeness (QED) is 0.102. The Hall–Kier alpha value is -1.92. The first-order chi connectivity index (χ1) is 18.6. The Morgan fingerprint density at radius 1 is 0.553 bits per heavy atom. The van der Waals surface area contributed by atoms with E-state index < -0.39 is 11.9 Å². The fourth-order valence-corrected chi connectivity index (χ4v) is 4.63. The van der Waals surface area contributed by atoms with Crippen molar-refractivity contribution in [2.24, 2.45) is 0 Å². The van der Waals surface area contributed by atoms with Crippen molar-refractivity contribution in [2.45, 2.75) is 105 Å². The van der Waals surface area contributed by atoms with Gasteiger partial charge in [-0.25, -0.2) is 9.59 Å². The summed E-state index contributed by atoms with van der Waals surface area (Å²) in [6, 6.07) is 6.80. The molecule has 0 bridgehead atoms. The van der Waals surface area contributed by atoms with E-state index in [0.29, 0.717) is 13.2 Å². The Balaban J connectivity index is 2.38. The Morgan fingerprint density at radius 2 is 0.921 bits per heavy atom. The van der Waals surface area contributed by atoms with Crippen LogP contribution >= 0.6 is 0 Å².